The van der Waals surface area contributed by atoms with Gasteiger partial charge in [-0.25, -0.2) is 9.59 Å². The van der Waals surface area contributed by atoms with Crippen LogP contribution in [0.3, 0.4) is 0 Å². The number of rotatable bonds is 10. The molecule has 0 heterocycles. The molecule has 1 aliphatic rings. The first-order valence-electron chi connectivity index (χ1n) is 12.5. The van der Waals surface area contributed by atoms with E-state index in [1.165, 1.54) is 0 Å². The third-order valence-electron chi connectivity index (χ3n) is 6.83. The summed E-state index contributed by atoms with van der Waals surface area (Å²) in [5, 5.41) is 74.8. The normalized spacial score (nSPS) is 28.8. The van der Waals surface area contributed by atoms with E-state index in [4.69, 9.17) is 0 Å². The highest BCUT2D eigenvalue weighted by atomic mass is 16.4. The molecule has 3 rings (SSSR count). The van der Waals surface area contributed by atoms with Crippen LogP contribution in [-0.4, -0.2) is 91.4 Å². The fourth-order valence-electron chi connectivity index (χ4n) is 4.69. The van der Waals surface area contributed by atoms with Gasteiger partial charge in [0.15, 0.2) is 0 Å². The Labute approximate surface area is 220 Å². The molecule has 0 unspecified atom stereocenters. The smallest absolute Gasteiger partial charge is 0.319 e. The van der Waals surface area contributed by atoms with Crippen molar-refractivity contribution in [1.29, 1.82) is 0 Å². The molecule has 0 radical (unpaired) electrons. The number of carbonyl (C=O) groups excluding carboxylic acids is 2. The molecule has 0 bridgehead atoms. The van der Waals surface area contributed by atoms with Crippen LogP contribution in [0.1, 0.15) is 25.7 Å². The minimum absolute atomic E-state index is 0.0414. The van der Waals surface area contributed by atoms with Crippen molar-refractivity contribution >= 4 is 23.4 Å². The van der Waals surface area contributed by atoms with Crippen LogP contribution in [0.25, 0.3) is 0 Å². The molecule has 6 atom stereocenters. The van der Waals surface area contributed by atoms with E-state index < -0.39 is 47.7 Å². The van der Waals surface area contributed by atoms with Gasteiger partial charge in [0, 0.05) is 24.5 Å². The quantitative estimate of drug-likeness (QED) is 0.190. The lowest BCUT2D eigenvalue weighted by Gasteiger charge is -2.55. The van der Waals surface area contributed by atoms with E-state index in [2.05, 4.69) is 21.3 Å². The highest BCUT2D eigenvalue weighted by Crippen LogP contribution is 2.43. The van der Waals surface area contributed by atoms with Gasteiger partial charge in [0.1, 0.15) is 35.6 Å². The lowest BCUT2D eigenvalue weighted by Crippen LogP contribution is -2.77. The number of nitrogens with one attached hydrogen (secondary N) is 4. The second-order valence-electron chi connectivity index (χ2n) is 9.42. The maximum atomic E-state index is 12.1. The van der Waals surface area contributed by atoms with Crippen LogP contribution in [0.5, 0.6) is 0 Å². The molecular formula is C26H36N4O8. The van der Waals surface area contributed by atoms with Crippen LogP contribution in [0, 0.1) is 0 Å². The highest BCUT2D eigenvalue weighted by molar-refractivity contribution is 5.89. The molecule has 1 fully saturated rings. The highest BCUT2D eigenvalue weighted by Gasteiger charge is 2.65. The summed E-state index contributed by atoms with van der Waals surface area (Å²) in [5.41, 5.74) is -3.69. The Bertz CT molecular complexity index is 963. The molecule has 0 aliphatic heterocycles. The number of para-hydroxylation sites is 2. The molecule has 12 nitrogen and oxygen atoms in total. The third-order valence-corrected chi connectivity index (χ3v) is 6.83. The molecule has 0 saturated heterocycles. The zero-order valence-electron chi connectivity index (χ0n) is 20.8. The first-order chi connectivity index (χ1) is 18.1. The number of amides is 4. The largest absolute Gasteiger partial charge is 0.387 e. The van der Waals surface area contributed by atoms with Crippen LogP contribution in [0.2, 0.25) is 0 Å². The number of aliphatic hydroxyl groups excluding tert-OH is 4. The second kappa shape index (κ2) is 13.0. The molecule has 1 aliphatic carbocycles. The van der Waals surface area contributed by atoms with Crippen LogP contribution < -0.4 is 21.3 Å². The van der Waals surface area contributed by atoms with E-state index in [-0.39, 0.29) is 38.8 Å². The van der Waals surface area contributed by atoms with E-state index >= 15 is 0 Å². The number of carbonyl (C=O) groups is 2. The average Bonchev–Trinajstić information content (AvgIpc) is 2.92. The molecule has 12 heteroatoms. The zero-order valence-corrected chi connectivity index (χ0v) is 20.8. The van der Waals surface area contributed by atoms with Crippen molar-refractivity contribution in [2.45, 2.75) is 61.3 Å². The van der Waals surface area contributed by atoms with Gasteiger partial charge in [-0.15, -0.1) is 0 Å². The summed E-state index contributed by atoms with van der Waals surface area (Å²) in [5.74, 6) is 0. The lowest BCUT2D eigenvalue weighted by atomic mass is 9.62. The van der Waals surface area contributed by atoms with E-state index in [0.717, 1.165) is 0 Å². The minimum atomic E-state index is -2.42. The number of urea groups is 2. The van der Waals surface area contributed by atoms with Crippen LogP contribution in [-0.2, 0) is 0 Å². The van der Waals surface area contributed by atoms with Gasteiger partial charge in [-0.1, -0.05) is 36.4 Å². The van der Waals surface area contributed by atoms with Crippen molar-refractivity contribution in [3.63, 3.8) is 0 Å². The summed E-state index contributed by atoms with van der Waals surface area (Å²) in [6, 6.07) is 16.4. The Balaban J connectivity index is 1.56. The predicted molar refractivity (Wildman–Crippen MR) is 139 cm³/mol. The number of benzene rings is 2. The maximum absolute atomic E-state index is 12.1. The maximum Gasteiger partial charge on any atom is 0.319 e. The van der Waals surface area contributed by atoms with Crippen molar-refractivity contribution in [3.8, 4) is 0 Å². The number of anilines is 2. The van der Waals surface area contributed by atoms with Crippen molar-refractivity contribution < 1.29 is 40.2 Å². The lowest BCUT2D eigenvalue weighted by molar-refractivity contribution is -0.316. The van der Waals surface area contributed by atoms with Crippen molar-refractivity contribution in [1.82, 2.24) is 10.6 Å². The Morgan fingerprint density at radius 2 is 0.974 bits per heavy atom. The van der Waals surface area contributed by atoms with Gasteiger partial charge in [0.2, 0.25) is 0 Å². The first kappa shape index (κ1) is 29.3. The Morgan fingerprint density at radius 3 is 1.32 bits per heavy atom. The molecule has 2 aromatic rings. The number of aliphatic hydroxyl groups is 6. The third kappa shape index (κ3) is 6.78. The standard InChI is InChI=1S/C26H36N4O8/c31-19-20(32)22(34)26(38,14-8-16-28-24(36)30-18-11-5-2-6-12-18)25(37,21(19)33)13-7-15-27-23(35)29-17-9-3-1-4-10-17/h1-6,9-12,19-22,31-34,37-38H,7-8,13-16H2,(H2,27,29,35)(H2,28,30,36)/t19-,20-,21-,22+,25+,26-/m1/s1. The molecule has 0 spiro atoms. The van der Waals surface area contributed by atoms with Crippen LogP contribution in [0.15, 0.2) is 60.7 Å². The molecule has 0 aromatic heterocycles. The van der Waals surface area contributed by atoms with Crippen LogP contribution in [0.4, 0.5) is 21.0 Å². The molecule has 208 valence electrons. The predicted octanol–water partition coefficient (Wildman–Crippen LogP) is 0.110. The van der Waals surface area contributed by atoms with Gasteiger partial charge in [0.05, 0.1) is 0 Å². The van der Waals surface area contributed by atoms with Crippen molar-refractivity contribution in [2.75, 3.05) is 23.7 Å². The van der Waals surface area contributed by atoms with Crippen LogP contribution >= 0.6 is 0 Å². The Kier molecular flexibility index (Phi) is 10.0. The van der Waals surface area contributed by atoms with E-state index in [9.17, 15) is 40.2 Å². The fraction of sp³-hybridized carbons (Fsp3) is 0.462. The van der Waals surface area contributed by atoms with Crippen molar-refractivity contribution in [3.05, 3.63) is 60.7 Å². The fourth-order valence-corrected chi connectivity index (χ4v) is 4.69. The SMILES string of the molecule is O=C(NCCC[C@@]1(O)[C@@H](O)[C@H](O)[C@@H](O)[C@@H](O)[C@@]1(O)CCCNC(=O)Nc1ccccc1)Nc1ccccc1. The zero-order chi connectivity index (χ0) is 27.8. The van der Waals surface area contributed by atoms with E-state index in [0.29, 0.717) is 11.4 Å². The second-order valence-corrected chi connectivity index (χ2v) is 9.42. The van der Waals surface area contributed by atoms with Gasteiger partial charge >= 0.3 is 12.1 Å². The monoisotopic (exact) mass is 532 g/mol. The molecule has 4 amide bonds. The van der Waals surface area contributed by atoms with Gasteiger partial charge in [-0.2, -0.15) is 0 Å². The topological polar surface area (TPSA) is 204 Å². The number of hydrogen-bond acceptors (Lipinski definition) is 8. The Morgan fingerprint density at radius 1 is 0.632 bits per heavy atom. The van der Waals surface area contributed by atoms with E-state index in [1.807, 2.05) is 0 Å². The summed E-state index contributed by atoms with van der Waals surface area (Å²) < 4.78 is 0. The molecule has 38 heavy (non-hydrogen) atoms. The summed E-state index contributed by atoms with van der Waals surface area (Å²) in [7, 11) is 0. The van der Waals surface area contributed by atoms with Gasteiger partial charge in [0.25, 0.3) is 0 Å². The van der Waals surface area contributed by atoms with Gasteiger partial charge < -0.3 is 51.9 Å². The van der Waals surface area contributed by atoms with E-state index in [1.54, 1.807) is 60.7 Å². The minimum Gasteiger partial charge on any atom is -0.387 e. The first-order valence-corrected chi connectivity index (χ1v) is 12.5. The summed E-state index contributed by atoms with van der Waals surface area (Å²) in [4.78, 5) is 24.2. The van der Waals surface area contributed by atoms with Crippen molar-refractivity contribution in [2.24, 2.45) is 0 Å². The number of hydrogen-bond donors (Lipinski definition) is 10. The van der Waals surface area contributed by atoms with Gasteiger partial charge in [-0.3, -0.25) is 0 Å². The molecule has 2 aromatic carbocycles. The molecular weight excluding hydrogens is 496 g/mol. The Hall–Kier alpha value is -3.26. The molecule has 1 saturated carbocycles. The molecule has 10 N–H and O–H groups in total. The summed E-state index contributed by atoms with van der Waals surface area (Å²) in [6.45, 7) is 0.0828. The van der Waals surface area contributed by atoms with Gasteiger partial charge in [-0.05, 0) is 49.9 Å². The summed E-state index contributed by atoms with van der Waals surface area (Å²) >= 11 is 0. The summed E-state index contributed by atoms with van der Waals surface area (Å²) in [6.07, 6.45) is -8.33. The average molecular weight is 533 g/mol.